The molecular formula is C15H16N4O3S. The highest BCUT2D eigenvalue weighted by atomic mass is 32.2. The van der Waals surface area contributed by atoms with Crippen LogP contribution in [0.5, 0.6) is 0 Å². The van der Waals surface area contributed by atoms with Crippen molar-refractivity contribution in [3.63, 3.8) is 0 Å². The summed E-state index contributed by atoms with van der Waals surface area (Å²) < 4.78 is 23.6. The van der Waals surface area contributed by atoms with Gasteiger partial charge >= 0.3 is 0 Å². The zero-order chi connectivity index (χ0) is 16.0. The van der Waals surface area contributed by atoms with Crippen LogP contribution in [0.1, 0.15) is 47.1 Å². The zero-order valence-electron chi connectivity index (χ0n) is 12.4. The maximum absolute atomic E-state index is 12.3. The predicted molar refractivity (Wildman–Crippen MR) is 83.1 cm³/mol. The summed E-state index contributed by atoms with van der Waals surface area (Å²) >= 11 is 0. The summed E-state index contributed by atoms with van der Waals surface area (Å²) in [6.07, 6.45) is 8.40. The van der Waals surface area contributed by atoms with Crippen molar-refractivity contribution < 1.29 is 13.2 Å². The molecule has 1 saturated carbocycles. The first kappa shape index (κ1) is 14.4. The molecular weight excluding hydrogens is 316 g/mol. The molecule has 8 heteroatoms. The molecule has 23 heavy (non-hydrogen) atoms. The number of anilines is 1. The van der Waals surface area contributed by atoms with Gasteiger partial charge in [0.1, 0.15) is 11.5 Å². The minimum Gasteiger partial charge on any atom is -0.356 e. The number of fused-ring (bicyclic) bond motifs is 1. The Balaban J connectivity index is 1.52. The van der Waals surface area contributed by atoms with Crippen LogP contribution in [0.2, 0.25) is 0 Å². The Morgan fingerprint density at radius 3 is 2.65 bits per heavy atom. The van der Waals surface area contributed by atoms with E-state index in [4.69, 9.17) is 0 Å². The van der Waals surface area contributed by atoms with Gasteiger partial charge in [0.15, 0.2) is 9.84 Å². The van der Waals surface area contributed by atoms with Gasteiger partial charge in [-0.3, -0.25) is 4.79 Å². The second kappa shape index (κ2) is 5.16. The summed E-state index contributed by atoms with van der Waals surface area (Å²) in [7, 11) is -3.24. The topological polar surface area (TPSA) is 105 Å². The molecule has 0 saturated heterocycles. The second-order valence-corrected chi connectivity index (χ2v) is 8.06. The third-order valence-electron chi connectivity index (χ3n) is 4.53. The van der Waals surface area contributed by atoms with Crippen molar-refractivity contribution in [2.24, 2.45) is 0 Å². The third-order valence-corrected chi connectivity index (χ3v) is 6.31. The maximum atomic E-state index is 12.3. The number of aromatic amines is 1. The summed E-state index contributed by atoms with van der Waals surface area (Å²) in [6.45, 7) is 0. The molecule has 2 aromatic rings. The van der Waals surface area contributed by atoms with Gasteiger partial charge in [0, 0.05) is 17.7 Å². The number of carbonyl (C=O) groups is 1. The SMILES string of the molecule is O=C(Nc1cnc(C2CCC2)nc1)c1[nH]cc2c1CCS2(=O)=O. The summed E-state index contributed by atoms with van der Waals surface area (Å²) in [5.74, 6) is 0.951. The van der Waals surface area contributed by atoms with Gasteiger partial charge in [-0.2, -0.15) is 0 Å². The van der Waals surface area contributed by atoms with Crippen LogP contribution in [-0.4, -0.2) is 35.0 Å². The Kier molecular flexibility index (Phi) is 3.22. The van der Waals surface area contributed by atoms with E-state index in [1.54, 1.807) is 12.4 Å². The van der Waals surface area contributed by atoms with E-state index < -0.39 is 9.84 Å². The van der Waals surface area contributed by atoms with Crippen molar-refractivity contribution in [1.82, 2.24) is 15.0 Å². The molecule has 2 aliphatic rings. The Morgan fingerprint density at radius 2 is 2.00 bits per heavy atom. The van der Waals surface area contributed by atoms with Crippen molar-refractivity contribution >= 4 is 21.4 Å². The molecule has 1 aliphatic heterocycles. The fraction of sp³-hybridized carbons (Fsp3) is 0.400. The number of aromatic nitrogens is 3. The molecule has 0 spiro atoms. The monoisotopic (exact) mass is 332 g/mol. The highest BCUT2D eigenvalue weighted by Gasteiger charge is 2.32. The van der Waals surface area contributed by atoms with Crippen LogP contribution >= 0.6 is 0 Å². The smallest absolute Gasteiger partial charge is 0.272 e. The van der Waals surface area contributed by atoms with Gasteiger partial charge in [-0.05, 0) is 19.3 Å². The van der Waals surface area contributed by atoms with E-state index in [9.17, 15) is 13.2 Å². The van der Waals surface area contributed by atoms with Gasteiger partial charge in [-0.1, -0.05) is 6.42 Å². The van der Waals surface area contributed by atoms with Gasteiger partial charge in [0.25, 0.3) is 5.91 Å². The molecule has 1 fully saturated rings. The van der Waals surface area contributed by atoms with Crippen LogP contribution in [0.3, 0.4) is 0 Å². The molecule has 7 nitrogen and oxygen atoms in total. The van der Waals surface area contributed by atoms with Crippen LogP contribution in [0.4, 0.5) is 5.69 Å². The molecule has 2 aromatic heterocycles. The van der Waals surface area contributed by atoms with Crippen LogP contribution < -0.4 is 5.32 Å². The van der Waals surface area contributed by atoms with Crippen molar-refractivity contribution in [1.29, 1.82) is 0 Å². The molecule has 0 bridgehead atoms. The normalized spacial score (nSPS) is 19.1. The minimum absolute atomic E-state index is 0.0613. The average Bonchev–Trinajstić information content (AvgIpc) is 3.01. The maximum Gasteiger partial charge on any atom is 0.272 e. The molecule has 0 atom stereocenters. The van der Waals surface area contributed by atoms with E-state index in [1.165, 1.54) is 12.6 Å². The summed E-state index contributed by atoms with van der Waals surface area (Å²) in [5.41, 5.74) is 1.36. The first-order valence-corrected chi connectivity index (χ1v) is 9.26. The van der Waals surface area contributed by atoms with Gasteiger partial charge in [-0.25, -0.2) is 18.4 Å². The highest BCUT2D eigenvalue weighted by Crippen LogP contribution is 2.34. The van der Waals surface area contributed by atoms with E-state index in [0.29, 0.717) is 29.3 Å². The van der Waals surface area contributed by atoms with Crippen molar-refractivity contribution in [2.75, 3.05) is 11.1 Å². The second-order valence-electron chi connectivity index (χ2n) is 5.99. The summed E-state index contributed by atoms with van der Waals surface area (Å²) in [5, 5.41) is 2.71. The van der Waals surface area contributed by atoms with Crippen molar-refractivity contribution in [3.8, 4) is 0 Å². The lowest BCUT2D eigenvalue weighted by atomic mass is 9.85. The minimum atomic E-state index is -3.24. The highest BCUT2D eigenvalue weighted by molar-refractivity contribution is 7.91. The van der Waals surface area contributed by atoms with Crippen LogP contribution in [-0.2, 0) is 16.3 Å². The number of sulfone groups is 1. The lowest BCUT2D eigenvalue weighted by Gasteiger charge is -2.23. The third kappa shape index (κ3) is 2.42. The van der Waals surface area contributed by atoms with Crippen LogP contribution in [0.25, 0.3) is 0 Å². The predicted octanol–water partition coefficient (Wildman–Crippen LogP) is 1.65. The summed E-state index contributed by atoms with van der Waals surface area (Å²) in [6, 6.07) is 0. The number of nitrogens with zero attached hydrogens (tertiary/aromatic N) is 2. The van der Waals surface area contributed by atoms with Crippen molar-refractivity contribution in [3.05, 3.63) is 35.7 Å². The van der Waals surface area contributed by atoms with Gasteiger partial charge < -0.3 is 10.3 Å². The molecule has 1 amide bonds. The van der Waals surface area contributed by atoms with Gasteiger partial charge in [-0.15, -0.1) is 0 Å². The Morgan fingerprint density at radius 1 is 1.26 bits per heavy atom. The fourth-order valence-corrected chi connectivity index (χ4v) is 4.49. The van der Waals surface area contributed by atoms with Crippen LogP contribution in [0.15, 0.2) is 23.5 Å². The Bertz CT molecular complexity index is 867. The Hall–Kier alpha value is -2.22. The summed E-state index contributed by atoms with van der Waals surface area (Å²) in [4.78, 5) is 23.9. The number of H-pyrrole nitrogens is 1. The molecule has 0 radical (unpaired) electrons. The average molecular weight is 332 g/mol. The molecule has 0 unspecified atom stereocenters. The van der Waals surface area contributed by atoms with E-state index in [0.717, 1.165) is 18.7 Å². The molecule has 120 valence electrons. The number of hydrogen-bond donors (Lipinski definition) is 2. The van der Waals surface area contributed by atoms with E-state index in [1.807, 2.05) is 0 Å². The number of nitrogens with one attached hydrogen (secondary N) is 2. The number of rotatable bonds is 3. The van der Waals surface area contributed by atoms with Gasteiger partial charge in [0.2, 0.25) is 0 Å². The molecule has 0 aromatic carbocycles. The zero-order valence-corrected chi connectivity index (χ0v) is 13.2. The number of carbonyl (C=O) groups excluding carboxylic acids is 1. The lowest BCUT2D eigenvalue weighted by Crippen LogP contribution is -2.16. The molecule has 1 aliphatic carbocycles. The van der Waals surface area contributed by atoms with E-state index >= 15 is 0 Å². The Labute approximate surface area is 133 Å². The van der Waals surface area contributed by atoms with Crippen LogP contribution in [0, 0.1) is 0 Å². The van der Waals surface area contributed by atoms with Crippen molar-refractivity contribution in [2.45, 2.75) is 36.5 Å². The first-order chi connectivity index (χ1) is 11.0. The largest absolute Gasteiger partial charge is 0.356 e. The quantitative estimate of drug-likeness (QED) is 0.889. The van der Waals surface area contributed by atoms with E-state index in [2.05, 4.69) is 20.3 Å². The first-order valence-electron chi connectivity index (χ1n) is 7.61. The van der Waals surface area contributed by atoms with Gasteiger partial charge in [0.05, 0.1) is 28.7 Å². The van der Waals surface area contributed by atoms with E-state index in [-0.39, 0.29) is 16.6 Å². The molecule has 2 N–H and O–H groups in total. The number of amides is 1. The molecule has 3 heterocycles. The number of hydrogen-bond acceptors (Lipinski definition) is 5. The lowest BCUT2D eigenvalue weighted by molar-refractivity contribution is 0.102. The molecule has 4 rings (SSSR count). The fourth-order valence-electron chi connectivity index (χ4n) is 2.98. The standard InChI is InChI=1S/C15H16N4O3S/c20-15(13-11-4-5-23(21,22)12(11)8-16-13)19-10-6-17-14(18-7-10)9-2-1-3-9/h6-9,16H,1-5H2,(H,19,20).